The van der Waals surface area contributed by atoms with Crippen molar-refractivity contribution < 1.29 is 18.4 Å². The maximum atomic E-state index is 13.7. The summed E-state index contributed by atoms with van der Waals surface area (Å²) in [6, 6.07) is 6.65. The SMILES string of the molecule is O=[N+]([O-])c1ccc(F)cc1Oc1ccc(CCl)cc1F. The molecule has 0 bridgehead atoms. The number of benzene rings is 2. The summed E-state index contributed by atoms with van der Waals surface area (Å²) < 4.78 is 31.9. The molecule has 0 heterocycles. The van der Waals surface area contributed by atoms with Crippen molar-refractivity contribution in [3.8, 4) is 11.5 Å². The predicted octanol–water partition coefficient (Wildman–Crippen LogP) is 4.40. The van der Waals surface area contributed by atoms with E-state index in [0.29, 0.717) is 5.56 Å². The molecule has 0 aliphatic carbocycles. The van der Waals surface area contributed by atoms with Crippen LogP contribution in [-0.4, -0.2) is 4.92 Å². The van der Waals surface area contributed by atoms with Gasteiger partial charge in [-0.05, 0) is 23.8 Å². The summed E-state index contributed by atoms with van der Waals surface area (Å²) in [4.78, 5) is 10.1. The van der Waals surface area contributed by atoms with Crippen molar-refractivity contribution in [1.29, 1.82) is 0 Å². The van der Waals surface area contributed by atoms with E-state index in [1.165, 1.54) is 12.1 Å². The van der Waals surface area contributed by atoms with E-state index in [9.17, 15) is 18.9 Å². The maximum Gasteiger partial charge on any atom is 0.311 e. The first-order valence-electron chi connectivity index (χ1n) is 5.47. The van der Waals surface area contributed by atoms with E-state index >= 15 is 0 Å². The van der Waals surface area contributed by atoms with Crippen LogP contribution in [0.4, 0.5) is 14.5 Å². The summed E-state index contributed by atoms with van der Waals surface area (Å²) >= 11 is 5.55. The average Bonchev–Trinajstić information content (AvgIpc) is 2.40. The molecular formula is C13H8ClF2NO3. The van der Waals surface area contributed by atoms with Crippen molar-refractivity contribution in [1.82, 2.24) is 0 Å². The lowest BCUT2D eigenvalue weighted by Gasteiger charge is -2.08. The van der Waals surface area contributed by atoms with Crippen molar-refractivity contribution in [2.24, 2.45) is 0 Å². The molecule has 0 N–H and O–H groups in total. The highest BCUT2D eigenvalue weighted by molar-refractivity contribution is 6.17. The third kappa shape index (κ3) is 3.03. The topological polar surface area (TPSA) is 52.4 Å². The van der Waals surface area contributed by atoms with Crippen LogP contribution >= 0.6 is 11.6 Å². The lowest BCUT2D eigenvalue weighted by Crippen LogP contribution is -1.96. The van der Waals surface area contributed by atoms with E-state index < -0.39 is 22.2 Å². The minimum Gasteiger partial charge on any atom is -0.447 e. The van der Waals surface area contributed by atoms with Gasteiger partial charge in [0, 0.05) is 18.0 Å². The minimum absolute atomic E-state index is 0.122. The quantitative estimate of drug-likeness (QED) is 0.477. The van der Waals surface area contributed by atoms with E-state index in [-0.39, 0.29) is 17.4 Å². The number of ether oxygens (including phenoxy) is 1. The normalized spacial score (nSPS) is 10.3. The lowest BCUT2D eigenvalue weighted by molar-refractivity contribution is -0.385. The standard InChI is InChI=1S/C13H8ClF2NO3/c14-7-8-1-4-12(10(16)5-8)20-13-6-9(15)2-3-11(13)17(18)19/h1-6H,7H2. The fraction of sp³-hybridized carbons (Fsp3) is 0.0769. The van der Waals surface area contributed by atoms with E-state index in [2.05, 4.69) is 0 Å². The van der Waals surface area contributed by atoms with Crippen LogP contribution in [0.2, 0.25) is 0 Å². The third-order valence-electron chi connectivity index (χ3n) is 2.49. The summed E-state index contributed by atoms with van der Waals surface area (Å²) in [5.74, 6) is -1.94. The Morgan fingerprint density at radius 2 is 1.90 bits per heavy atom. The van der Waals surface area contributed by atoms with E-state index in [1.54, 1.807) is 0 Å². The average molecular weight is 300 g/mol. The predicted molar refractivity (Wildman–Crippen MR) is 69.1 cm³/mol. The summed E-state index contributed by atoms with van der Waals surface area (Å²) in [5.41, 5.74) is 0.0810. The Morgan fingerprint density at radius 3 is 2.50 bits per heavy atom. The monoisotopic (exact) mass is 299 g/mol. The molecule has 20 heavy (non-hydrogen) atoms. The van der Waals surface area contributed by atoms with Crippen LogP contribution in [0, 0.1) is 21.7 Å². The van der Waals surface area contributed by atoms with Crippen LogP contribution in [0.25, 0.3) is 0 Å². The first-order chi connectivity index (χ1) is 9.51. The number of nitrogens with zero attached hydrogens (tertiary/aromatic N) is 1. The van der Waals surface area contributed by atoms with Gasteiger partial charge in [0.15, 0.2) is 11.6 Å². The van der Waals surface area contributed by atoms with Gasteiger partial charge in [-0.25, -0.2) is 8.78 Å². The molecule has 2 aromatic carbocycles. The molecule has 0 saturated heterocycles. The first kappa shape index (κ1) is 14.2. The van der Waals surface area contributed by atoms with Gasteiger partial charge in [0.2, 0.25) is 5.75 Å². The number of rotatable bonds is 4. The molecule has 0 atom stereocenters. The van der Waals surface area contributed by atoms with Gasteiger partial charge in [-0.15, -0.1) is 11.6 Å². The molecule has 2 aromatic rings. The Bertz CT molecular complexity index is 664. The molecule has 0 amide bonds. The van der Waals surface area contributed by atoms with Crippen LogP contribution in [-0.2, 0) is 5.88 Å². The molecule has 0 aromatic heterocycles. The smallest absolute Gasteiger partial charge is 0.311 e. The number of hydrogen-bond acceptors (Lipinski definition) is 3. The fourth-order valence-corrected chi connectivity index (χ4v) is 1.72. The summed E-state index contributed by atoms with van der Waals surface area (Å²) in [5, 5.41) is 10.8. The second kappa shape index (κ2) is 5.83. The Balaban J connectivity index is 2.39. The molecule has 7 heteroatoms. The van der Waals surface area contributed by atoms with Crippen LogP contribution < -0.4 is 4.74 Å². The third-order valence-corrected chi connectivity index (χ3v) is 2.80. The van der Waals surface area contributed by atoms with E-state index in [0.717, 1.165) is 24.3 Å². The van der Waals surface area contributed by atoms with Gasteiger partial charge in [-0.3, -0.25) is 10.1 Å². The molecule has 0 radical (unpaired) electrons. The van der Waals surface area contributed by atoms with Gasteiger partial charge in [0.25, 0.3) is 0 Å². The Kier molecular flexibility index (Phi) is 4.14. The largest absolute Gasteiger partial charge is 0.447 e. The van der Waals surface area contributed by atoms with E-state index in [1.807, 2.05) is 0 Å². The zero-order valence-corrected chi connectivity index (χ0v) is 10.7. The molecule has 0 fully saturated rings. The van der Waals surface area contributed by atoms with Crippen LogP contribution in [0.5, 0.6) is 11.5 Å². The number of halogens is 3. The minimum atomic E-state index is -0.736. The van der Waals surface area contributed by atoms with Crippen LogP contribution in [0.1, 0.15) is 5.56 Å². The zero-order valence-electron chi connectivity index (χ0n) is 9.98. The Labute approximate surface area is 117 Å². The Hall–Kier alpha value is -2.21. The molecule has 4 nitrogen and oxygen atoms in total. The fourth-order valence-electron chi connectivity index (χ4n) is 1.55. The molecular weight excluding hydrogens is 292 g/mol. The molecule has 2 rings (SSSR count). The van der Waals surface area contributed by atoms with Crippen molar-refractivity contribution >= 4 is 17.3 Å². The van der Waals surface area contributed by atoms with Gasteiger partial charge in [0.05, 0.1) is 4.92 Å². The van der Waals surface area contributed by atoms with Gasteiger partial charge < -0.3 is 4.74 Å². The zero-order chi connectivity index (χ0) is 14.7. The second-order valence-electron chi connectivity index (χ2n) is 3.87. The molecule has 0 unspecified atom stereocenters. The highest BCUT2D eigenvalue weighted by Gasteiger charge is 2.18. The highest BCUT2D eigenvalue weighted by atomic mass is 35.5. The van der Waals surface area contributed by atoms with Crippen LogP contribution in [0.15, 0.2) is 36.4 Å². The summed E-state index contributed by atoms with van der Waals surface area (Å²) in [6.45, 7) is 0. The number of nitro benzene ring substituents is 1. The molecule has 0 aliphatic rings. The lowest BCUT2D eigenvalue weighted by atomic mass is 10.2. The van der Waals surface area contributed by atoms with Crippen LogP contribution in [0.3, 0.4) is 0 Å². The number of alkyl halides is 1. The maximum absolute atomic E-state index is 13.7. The molecule has 0 aliphatic heterocycles. The molecule has 104 valence electrons. The van der Waals surface area contributed by atoms with E-state index in [4.69, 9.17) is 16.3 Å². The van der Waals surface area contributed by atoms with Crippen molar-refractivity contribution in [3.63, 3.8) is 0 Å². The first-order valence-corrected chi connectivity index (χ1v) is 6.01. The molecule has 0 saturated carbocycles. The van der Waals surface area contributed by atoms with Crippen molar-refractivity contribution in [3.05, 3.63) is 63.7 Å². The van der Waals surface area contributed by atoms with Gasteiger partial charge in [0.1, 0.15) is 5.82 Å². The number of nitro groups is 1. The summed E-state index contributed by atoms with van der Waals surface area (Å²) in [7, 11) is 0. The second-order valence-corrected chi connectivity index (χ2v) is 4.14. The van der Waals surface area contributed by atoms with Gasteiger partial charge in [-0.2, -0.15) is 0 Å². The van der Waals surface area contributed by atoms with Crippen molar-refractivity contribution in [2.75, 3.05) is 0 Å². The summed E-state index contributed by atoms with van der Waals surface area (Å²) in [6.07, 6.45) is 0. The van der Waals surface area contributed by atoms with Gasteiger partial charge in [-0.1, -0.05) is 6.07 Å². The molecule has 0 spiro atoms. The number of hydrogen-bond donors (Lipinski definition) is 0. The van der Waals surface area contributed by atoms with Crippen molar-refractivity contribution in [2.45, 2.75) is 5.88 Å². The van der Waals surface area contributed by atoms with Gasteiger partial charge >= 0.3 is 5.69 Å². The Morgan fingerprint density at radius 1 is 1.15 bits per heavy atom. The highest BCUT2D eigenvalue weighted by Crippen LogP contribution is 2.33.